The summed E-state index contributed by atoms with van der Waals surface area (Å²) in [5, 5.41) is 13.6. The molecule has 0 saturated carbocycles. The minimum atomic E-state index is -1.04. The van der Waals surface area contributed by atoms with Gasteiger partial charge in [0.05, 0.1) is 12.4 Å². The monoisotopic (exact) mass is 281 g/mol. The number of nitrogens with zero attached hydrogens (tertiary/aromatic N) is 1. The van der Waals surface area contributed by atoms with Crippen molar-refractivity contribution in [3.8, 4) is 0 Å². The second kappa shape index (κ2) is 12.7. The van der Waals surface area contributed by atoms with E-state index in [0.717, 1.165) is 31.6 Å². The zero-order valence-corrected chi connectivity index (χ0v) is 10.7. The van der Waals surface area contributed by atoms with Crippen LogP contribution >= 0.6 is 0 Å². The van der Waals surface area contributed by atoms with E-state index in [2.05, 4.69) is 15.6 Å². The first-order valence-corrected chi connectivity index (χ1v) is 5.44. The van der Waals surface area contributed by atoms with Gasteiger partial charge in [-0.15, -0.1) is 0 Å². The second-order valence-corrected chi connectivity index (χ2v) is 3.66. The van der Waals surface area contributed by atoms with Gasteiger partial charge in [0.25, 0.3) is 0 Å². The molecular weight excluding hydrogens is 258 g/mol. The highest BCUT2D eigenvalue weighted by molar-refractivity contribution is 5.88. The Morgan fingerprint density at radius 3 is 2.42 bits per heavy atom. The first kappa shape index (κ1) is 22.5. The van der Waals surface area contributed by atoms with Crippen LogP contribution in [-0.4, -0.2) is 58.9 Å². The van der Waals surface area contributed by atoms with E-state index in [4.69, 9.17) is 5.11 Å². The Labute approximate surface area is 111 Å². The molecule has 1 aliphatic rings. The van der Waals surface area contributed by atoms with Crippen LogP contribution in [0.25, 0.3) is 0 Å². The topological polar surface area (TPSA) is 185 Å². The third-order valence-electron chi connectivity index (χ3n) is 2.26. The fourth-order valence-corrected chi connectivity index (χ4v) is 1.44. The van der Waals surface area contributed by atoms with Crippen LogP contribution in [0.4, 0.5) is 0 Å². The molecule has 1 heterocycles. The van der Waals surface area contributed by atoms with Crippen LogP contribution < -0.4 is 10.6 Å². The zero-order valence-electron chi connectivity index (χ0n) is 10.7. The van der Waals surface area contributed by atoms with Gasteiger partial charge in [-0.2, -0.15) is 0 Å². The number of nitrogens with one attached hydrogen (secondary N) is 2. The number of rotatable bonds is 4. The summed E-state index contributed by atoms with van der Waals surface area (Å²) in [6.45, 7) is 0.554. The van der Waals surface area contributed by atoms with E-state index in [0.29, 0.717) is 0 Å². The molecule has 19 heavy (non-hydrogen) atoms. The molecular formula is C10H23N3O6. The smallest absolute Gasteiger partial charge is 0.322 e. The average Bonchev–Trinajstić information content (AvgIpc) is 2.51. The SMILES string of the molecule is O.O.O.O=C(O)CNC(=O)CNC1=NCCCCC1. The minimum absolute atomic E-state index is 0. The van der Waals surface area contributed by atoms with Crippen LogP contribution in [0.15, 0.2) is 4.99 Å². The predicted molar refractivity (Wildman–Crippen MR) is 70.3 cm³/mol. The number of hydrogen-bond donors (Lipinski definition) is 3. The Balaban J connectivity index is -0.000000853. The molecule has 114 valence electrons. The molecule has 0 saturated heterocycles. The van der Waals surface area contributed by atoms with E-state index < -0.39 is 5.97 Å². The molecule has 9 nitrogen and oxygen atoms in total. The van der Waals surface area contributed by atoms with Crippen LogP contribution in [-0.2, 0) is 9.59 Å². The lowest BCUT2D eigenvalue weighted by Crippen LogP contribution is -2.39. The summed E-state index contributed by atoms with van der Waals surface area (Å²) in [7, 11) is 0. The van der Waals surface area contributed by atoms with Gasteiger partial charge in [-0.3, -0.25) is 14.6 Å². The maximum atomic E-state index is 11.2. The number of carboxylic acids is 1. The standard InChI is InChI=1S/C10H17N3O3.3H2O/c14-9(13-7-10(15)16)6-12-8-4-2-1-3-5-11-8;;;/h1-7H2,(H,11,12)(H,13,14)(H,15,16);3*1H2. The lowest BCUT2D eigenvalue weighted by Gasteiger charge is -2.07. The Morgan fingerprint density at radius 1 is 1.11 bits per heavy atom. The average molecular weight is 281 g/mol. The number of carbonyl (C=O) groups excluding carboxylic acids is 1. The third kappa shape index (κ3) is 11.1. The van der Waals surface area contributed by atoms with Gasteiger partial charge >= 0.3 is 5.97 Å². The van der Waals surface area contributed by atoms with Crippen molar-refractivity contribution >= 4 is 17.7 Å². The third-order valence-corrected chi connectivity index (χ3v) is 2.26. The lowest BCUT2D eigenvalue weighted by molar-refractivity contribution is -0.137. The number of carbonyl (C=O) groups is 2. The highest BCUT2D eigenvalue weighted by Gasteiger charge is 2.07. The molecule has 0 bridgehead atoms. The molecule has 0 spiro atoms. The number of aliphatic imine (C=N–C) groups is 1. The van der Waals surface area contributed by atoms with Crippen molar-refractivity contribution in [1.29, 1.82) is 0 Å². The minimum Gasteiger partial charge on any atom is -0.480 e. The van der Waals surface area contributed by atoms with E-state index in [-0.39, 0.29) is 35.4 Å². The van der Waals surface area contributed by atoms with Crippen molar-refractivity contribution in [1.82, 2.24) is 10.6 Å². The molecule has 0 unspecified atom stereocenters. The molecule has 0 aromatic heterocycles. The Bertz CT molecular complexity index is 295. The Hall–Kier alpha value is -1.71. The molecule has 9 N–H and O–H groups in total. The van der Waals surface area contributed by atoms with Crippen LogP contribution in [0, 0.1) is 0 Å². The van der Waals surface area contributed by atoms with E-state index in [9.17, 15) is 9.59 Å². The lowest BCUT2D eigenvalue weighted by atomic mass is 10.2. The highest BCUT2D eigenvalue weighted by atomic mass is 16.4. The molecule has 1 aliphatic heterocycles. The molecule has 0 radical (unpaired) electrons. The number of amides is 1. The van der Waals surface area contributed by atoms with Gasteiger partial charge in [0.1, 0.15) is 6.54 Å². The summed E-state index contributed by atoms with van der Waals surface area (Å²) in [5.74, 6) is -0.516. The van der Waals surface area contributed by atoms with Gasteiger partial charge in [-0.1, -0.05) is 6.42 Å². The van der Waals surface area contributed by atoms with Gasteiger partial charge in [0.15, 0.2) is 0 Å². The summed E-state index contributed by atoms with van der Waals surface area (Å²) in [6.07, 6.45) is 4.21. The number of carboxylic acid groups (broad SMARTS) is 1. The van der Waals surface area contributed by atoms with Gasteiger partial charge in [-0.05, 0) is 12.8 Å². The largest absolute Gasteiger partial charge is 0.480 e. The molecule has 9 heteroatoms. The van der Waals surface area contributed by atoms with Gasteiger partial charge in [-0.25, -0.2) is 0 Å². The molecule has 0 fully saturated rings. The maximum Gasteiger partial charge on any atom is 0.322 e. The molecule has 0 aliphatic carbocycles. The number of hydrogen-bond acceptors (Lipinski definition) is 4. The van der Waals surface area contributed by atoms with Crippen molar-refractivity contribution in [2.45, 2.75) is 25.7 Å². The predicted octanol–water partition coefficient (Wildman–Crippen LogP) is -2.72. The molecule has 0 atom stereocenters. The van der Waals surface area contributed by atoms with Crippen LogP contribution in [0.5, 0.6) is 0 Å². The van der Waals surface area contributed by atoms with Crippen LogP contribution in [0.3, 0.4) is 0 Å². The fraction of sp³-hybridized carbons (Fsp3) is 0.700. The first-order valence-electron chi connectivity index (χ1n) is 5.44. The van der Waals surface area contributed by atoms with E-state index in [1.165, 1.54) is 6.42 Å². The summed E-state index contributed by atoms with van der Waals surface area (Å²) in [6, 6.07) is 0. The van der Waals surface area contributed by atoms with Crippen molar-refractivity contribution < 1.29 is 31.1 Å². The second-order valence-electron chi connectivity index (χ2n) is 3.66. The van der Waals surface area contributed by atoms with Crippen molar-refractivity contribution in [2.75, 3.05) is 19.6 Å². The summed E-state index contributed by atoms with van der Waals surface area (Å²) in [5.41, 5.74) is 0. The maximum absolute atomic E-state index is 11.2. The number of amidine groups is 1. The molecule has 1 rings (SSSR count). The van der Waals surface area contributed by atoms with Gasteiger partial charge in [0.2, 0.25) is 5.91 Å². The van der Waals surface area contributed by atoms with Gasteiger partial charge in [0, 0.05) is 13.0 Å². The summed E-state index contributed by atoms with van der Waals surface area (Å²) in [4.78, 5) is 25.7. The van der Waals surface area contributed by atoms with E-state index >= 15 is 0 Å². The van der Waals surface area contributed by atoms with Crippen LogP contribution in [0.2, 0.25) is 0 Å². The van der Waals surface area contributed by atoms with Crippen molar-refractivity contribution in [3.63, 3.8) is 0 Å². The zero-order chi connectivity index (χ0) is 11.8. The normalized spacial score (nSPS) is 13.4. The molecule has 0 aromatic carbocycles. The van der Waals surface area contributed by atoms with Crippen molar-refractivity contribution in [2.24, 2.45) is 4.99 Å². The van der Waals surface area contributed by atoms with Crippen molar-refractivity contribution in [3.05, 3.63) is 0 Å². The highest BCUT2D eigenvalue weighted by Crippen LogP contribution is 2.05. The quantitative estimate of drug-likeness (QED) is 0.505. The number of aliphatic carboxylic acids is 1. The van der Waals surface area contributed by atoms with E-state index in [1.807, 2.05) is 0 Å². The van der Waals surface area contributed by atoms with Gasteiger partial charge < -0.3 is 32.2 Å². The van der Waals surface area contributed by atoms with Crippen LogP contribution in [0.1, 0.15) is 25.7 Å². The molecule has 0 aromatic rings. The Morgan fingerprint density at radius 2 is 1.79 bits per heavy atom. The fourth-order valence-electron chi connectivity index (χ4n) is 1.44. The van der Waals surface area contributed by atoms with E-state index in [1.54, 1.807) is 0 Å². The summed E-state index contributed by atoms with van der Waals surface area (Å²) >= 11 is 0. The first-order chi connectivity index (χ1) is 7.68. The summed E-state index contributed by atoms with van der Waals surface area (Å²) < 4.78 is 0. The Kier molecular flexibility index (Phi) is 15.1. The molecule has 1 amide bonds.